The van der Waals surface area contributed by atoms with Crippen LogP contribution in [-0.2, 0) is 11.4 Å². The summed E-state index contributed by atoms with van der Waals surface area (Å²) in [6, 6.07) is 23.7. The number of anilines is 1. The molecule has 0 aromatic heterocycles. The lowest BCUT2D eigenvalue weighted by molar-refractivity contribution is -0.119. The van der Waals surface area contributed by atoms with Crippen molar-refractivity contribution in [2.24, 2.45) is 5.10 Å². The second-order valence-corrected chi connectivity index (χ2v) is 6.86. The third-order valence-corrected chi connectivity index (χ3v) is 4.29. The average molecular weight is 387 g/mol. The van der Waals surface area contributed by atoms with E-state index in [9.17, 15) is 4.79 Å². The fourth-order valence-electron chi connectivity index (χ4n) is 2.61. The van der Waals surface area contributed by atoms with E-state index in [1.165, 1.54) is 11.1 Å². The zero-order valence-corrected chi connectivity index (χ0v) is 16.7. The Balaban J connectivity index is 1.46. The van der Waals surface area contributed by atoms with E-state index < -0.39 is 0 Å². The van der Waals surface area contributed by atoms with Gasteiger partial charge in [-0.05, 0) is 49.2 Å². The Morgan fingerprint density at radius 1 is 0.966 bits per heavy atom. The topological polar surface area (TPSA) is 62.7 Å². The third-order valence-electron chi connectivity index (χ3n) is 4.29. The third kappa shape index (κ3) is 6.81. The molecule has 0 unspecified atom stereocenters. The summed E-state index contributed by atoms with van der Waals surface area (Å²) < 4.78 is 5.84. The fraction of sp³-hybridized carbons (Fsp3) is 0.167. The quantitative estimate of drug-likeness (QED) is 0.444. The standard InChI is InChI=1S/C24H25N3O2/c1-18-6-10-20(11-7-18)17-29-23-5-3-4-21(14-23)15-26-27-24(28)16-25-22-12-8-19(2)9-13-22/h3-15,25H,16-17H2,1-2H3,(H,27,28)/b26-15-. The number of hydrogen-bond donors (Lipinski definition) is 2. The highest BCUT2D eigenvalue weighted by Crippen LogP contribution is 2.14. The van der Waals surface area contributed by atoms with E-state index in [4.69, 9.17) is 4.74 Å². The molecule has 0 bridgehead atoms. The second-order valence-electron chi connectivity index (χ2n) is 6.86. The Morgan fingerprint density at radius 2 is 1.66 bits per heavy atom. The molecule has 148 valence electrons. The summed E-state index contributed by atoms with van der Waals surface area (Å²) in [5.41, 5.74) is 7.78. The normalized spacial score (nSPS) is 10.7. The number of hydrogen-bond acceptors (Lipinski definition) is 4. The Bertz CT molecular complexity index is 964. The molecule has 3 rings (SSSR count). The van der Waals surface area contributed by atoms with Crippen molar-refractivity contribution >= 4 is 17.8 Å². The molecule has 5 nitrogen and oxygen atoms in total. The van der Waals surface area contributed by atoms with Crippen LogP contribution >= 0.6 is 0 Å². The van der Waals surface area contributed by atoms with Gasteiger partial charge in [0, 0.05) is 5.69 Å². The number of nitrogens with one attached hydrogen (secondary N) is 2. The molecule has 0 aliphatic carbocycles. The van der Waals surface area contributed by atoms with Gasteiger partial charge in [0.05, 0.1) is 12.8 Å². The van der Waals surface area contributed by atoms with Crippen LogP contribution in [0, 0.1) is 13.8 Å². The molecule has 0 saturated carbocycles. The van der Waals surface area contributed by atoms with E-state index in [2.05, 4.69) is 47.0 Å². The zero-order valence-electron chi connectivity index (χ0n) is 16.7. The number of benzene rings is 3. The van der Waals surface area contributed by atoms with Gasteiger partial charge in [0.2, 0.25) is 0 Å². The second kappa shape index (κ2) is 10.1. The predicted molar refractivity (Wildman–Crippen MR) is 117 cm³/mol. The molecular formula is C24H25N3O2. The molecule has 3 aromatic rings. The number of carbonyl (C=O) groups excluding carboxylic acids is 1. The summed E-state index contributed by atoms with van der Waals surface area (Å²) in [6.45, 7) is 4.74. The van der Waals surface area contributed by atoms with E-state index in [0.29, 0.717) is 6.61 Å². The van der Waals surface area contributed by atoms with E-state index in [1.54, 1.807) is 6.21 Å². The Kier molecular flexibility index (Phi) is 7.00. The summed E-state index contributed by atoms with van der Waals surface area (Å²) in [6.07, 6.45) is 1.60. The van der Waals surface area contributed by atoms with E-state index in [0.717, 1.165) is 22.6 Å². The van der Waals surface area contributed by atoms with Crippen molar-refractivity contribution in [1.82, 2.24) is 5.43 Å². The van der Waals surface area contributed by atoms with Gasteiger partial charge in [-0.2, -0.15) is 5.10 Å². The minimum atomic E-state index is -0.214. The summed E-state index contributed by atoms with van der Waals surface area (Å²) >= 11 is 0. The molecule has 0 atom stereocenters. The molecule has 0 aliphatic rings. The van der Waals surface area contributed by atoms with Crippen molar-refractivity contribution in [1.29, 1.82) is 0 Å². The first kappa shape index (κ1) is 20.1. The molecule has 0 spiro atoms. The number of amides is 1. The van der Waals surface area contributed by atoms with Crippen molar-refractivity contribution in [3.05, 3.63) is 95.1 Å². The van der Waals surface area contributed by atoms with Gasteiger partial charge in [0.1, 0.15) is 12.4 Å². The van der Waals surface area contributed by atoms with Gasteiger partial charge in [-0.1, -0.05) is 59.7 Å². The van der Waals surface area contributed by atoms with Gasteiger partial charge in [0.25, 0.3) is 5.91 Å². The van der Waals surface area contributed by atoms with E-state index >= 15 is 0 Å². The maximum absolute atomic E-state index is 11.9. The predicted octanol–water partition coefficient (Wildman–Crippen LogP) is 4.44. The fourth-order valence-corrected chi connectivity index (χ4v) is 2.61. The maximum atomic E-state index is 11.9. The van der Waals surface area contributed by atoms with Gasteiger partial charge < -0.3 is 10.1 Å². The van der Waals surface area contributed by atoms with E-state index in [-0.39, 0.29) is 12.5 Å². The minimum Gasteiger partial charge on any atom is -0.489 e. The van der Waals surface area contributed by atoms with Crippen molar-refractivity contribution in [3.8, 4) is 5.75 Å². The molecular weight excluding hydrogens is 362 g/mol. The summed E-state index contributed by atoms with van der Waals surface area (Å²) in [4.78, 5) is 11.9. The van der Waals surface area contributed by atoms with Crippen LogP contribution < -0.4 is 15.5 Å². The van der Waals surface area contributed by atoms with E-state index in [1.807, 2.05) is 55.5 Å². The van der Waals surface area contributed by atoms with Gasteiger partial charge in [0.15, 0.2) is 0 Å². The maximum Gasteiger partial charge on any atom is 0.259 e. The number of aryl methyl sites for hydroxylation is 2. The highest BCUT2D eigenvalue weighted by molar-refractivity contribution is 5.84. The molecule has 0 heterocycles. The zero-order chi connectivity index (χ0) is 20.5. The molecule has 3 aromatic carbocycles. The number of hydrazone groups is 1. The van der Waals surface area contributed by atoms with Crippen LogP contribution in [-0.4, -0.2) is 18.7 Å². The molecule has 2 N–H and O–H groups in total. The molecule has 0 aliphatic heterocycles. The average Bonchev–Trinajstić information content (AvgIpc) is 2.73. The van der Waals surface area contributed by atoms with Crippen molar-refractivity contribution in [2.75, 3.05) is 11.9 Å². The highest BCUT2D eigenvalue weighted by Gasteiger charge is 2.00. The minimum absolute atomic E-state index is 0.153. The van der Waals surface area contributed by atoms with Crippen LogP contribution in [0.15, 0.2) is 77.9 Å². The van der Waals surface area contributed by atoms with Gasteiger partial charge in [-0.15, -0.1) is 0 Å². The number of ether oxygens (including phenoxy) is 1. The van der Waals surface area contributed by atoms with Crippen molar-refractivity contribution in [2.45, 2.75) is 20.5 Å². The smallest absolute Gasteiger partial charge is 0.259 e. The monoisotopic (exact) mass is 387 g/mol. The largest absolute Gasteiger partial charge is 0.489 e. The van der Waals surface area contributed by atoms with Crippen LogP contribution in [0.1, 0.15) is 22.3 Å². The number of rotatable bonds is 8. The summed E-state index contributed by atoms with van der Waals surface area (Å²) in [5, 5.41) is 7.08. The summed E-state index contributed by atoms with van der Waals surface area (Å²) in [5.74, 6) is 0.537. The first-order valence-electron chi connectivity index (χ1n) is 9.49. The first-order chi connectivity index (χ1) is 14.1. The molecule has 1 amide bonds. The molecule has 29 heavy (non-hydrogen) atoms. The Hall–Kier alpha value is -3.60. The van der Waals surface area contributed by atoms with Gasteiger partial charge in [-0.3, -0.25) is 4.79 Å². The lowest BCUT2D eigenvalue weighted by atomic mass is 10.2. The van der Waals surface area contributed by atoms with Crippen LogP contribution in [0.25, 0.3) is 0 Å². The van der Waals surface area contributed by atoms with Crippen LogP contribution in [0.3, 0.4) is 0 Å². The Labute approximate surface area is 171 Å². The lowest BCUT2D eigenvalue weighted by Crippen LogP contribution is -2.25. The van der Waals surface area contributed by atoms with Crippen LogP contribution in [0.4, 0.5) is 5.69 Å². The molecule has 0 fully saturated rings. The van der Waals surface area contributed by atoms with Gasteiger partial charge in [-0.25, -0.2) is 5.43 Å². The number of nitrogens with zero attached hydrogens (tertiary/aromatic N) is 1. The molecule has 0 radical (unpaired) electrons. The first-order valence-corrected chi connectivity index (χ1v) is 9.49. The SMILES string of the molecule is Cc1ccc(COc2cccc(/C=N\NC(=O)CNc3ccc(C)cc3)c2)cc1. The summed E-state index contributed by atoms with van der Waals surface area (Å²) in [7, 11) is 0. The van der Waals surface area contributed by atoms with Crippen LogP contribution in [0.5, 0.6) is 5.75 Å². The van der Waals surface area contributed by atoms with Crippen molar-refractivity contribution < 1.29 is 9.53 Å². The molecule has 5 heteroatoms. The Morgan fingerprint density at radius 3 is 2.38 bits per heavy atom. The highest BCUT2D eigenvalue weighted by atomic mass is 16.5. The molecule has 0 saturated heterocycles. The van der Waals surface area contributed by atoms with Crippen LogP contribution in [0.2, 0.25) is 0 Å². The lowest BCUT2D eigenvalue weighted by Gasteiger charge is -2.07. The van der Waals surface area contributed by atoms with Gasteiger partial charge >= 0.3 is 0 Å². The van der Waals surface area contributed by atoms with Crippen molar-refractivity contribution in [3.63, 3.8) is 0 Å². The number of carbonyl (C=O) groups is 1.